The minimum absolute atomic E-state index is 0.750. The van der Waals surface area contributed by atoms with E-state index in [0.29, 0.717) is 0 Å². The molecule has 1 aromatic carbocycles. The Morgan fingerprint density at radius 1 is 0.333 bits per heavy atom. The Bertz CT molecular complexity index is 2710. The molecule has 0 N–H and O–H groups in total. The van der Waals surface area contributed by atoms with Crippen LogP contribution in [-0.2, 0) is 4.74 Å². The molecule has 16 heteroatoms. The largest absolute Gasteiger partial charge is 0.470 e. The van der Waals surface area contributed by atoms with Crippen LogP contribution in [0.4, 0.5) is 0 Å². The van der Waals surface area contributed by atoms with Gasteiger partial charge in [0.05, 0.1) is 61.1 Å². The van der Waals surface area contributed by atoms with Gasteiger partial charge in [0.1, 0.15) is 28.8 Å². The van der Waals surface area contributed by atoms with E-state index in [9.17, 15) is 0 Å². The number of aromatic nitrogens is 8. The zero-order chi connectivity index (χ0) is 71.1. The molecule has 10 rings (SSSR count). The molecule has 0 amide bonds. The minimum atomic E-state index is 0.750. The van der Waals surface area contributed by atoms with E-state index in [2.05, 4.69) is 80.2 Å². The van der Waals surface area contributed by atoms with Gasteiger partial charge in [-0.25, -0.2) is 19.9 Å². The Morgan fingerprint density at radius 2 is 0.678 bits per heavy atom. The number of hydrogen-bond donors (Lipinski definition) is 0. The summed E-state index contributed by atoms with van der Waals surface area (Å²) in [7, 11) is 0. The molecule has 0 radical (unpaired) electrons. The molecule has 1 aliphatic heterocycles. The van der Waals surface area contributed by atoms with Gasteiger partial charge in [-0.15, -0.1) is 34.0 Å². The van der Waals surface area contributed by atoms with E-state index in [1.54, 1.807) is 46.5 Å². The van der Waals surface area contributed by atoms with Crippen molar-refractivity contribution >= 4 is 34.0 Å². The summed E-state index contributed by atoms with van der Waals surface area (Å²) in [6.07, 6.45) is 11.1. The predicted molar refractivity (Wildman–Crippen MR) is 393 cm³/mol. The van der Waals surface area contributed by atoms with Crippen LogP contribution in [-0.4, -0.2) is 40.4 Å². The summed E-state index contributed by atoms with van der Waals surface area (Å²) in [4.78, 5) is 24.7. The smallest absolute Gasteiger partial charge is 0.191 e. The van der Waals surface area contributed by atoms with Crippen LogP contribution in [0.2, 0.25) is 0 Å². The molecule has 0 fully saturated rings. The first-order chi connectivity index (χ1) is 42.6. The highest BCUT2D eigenvalue weighted by atomic mass is 32.1. The normalized spacial score (nSPS) is 9.40. The molecule has 0 aliphatic carbocycles. The second kappa shape index (κ2) is 59.7. The summed E-state index contributed by atoms with van der Waals surface area (Å²) in [5.74, 6) is 5.35. The van der Waals surface area contributed by atoms with Gasteiger partial charge in [-0.1, -0.05) is 153 Å². The Balaban J connectivity index is -0.000000214. The number of ether oxygens (including phenoxy) is 1. The van der Waals surface area contributed by atoms with Crippen LogP contribution in [0.5, 0.6) is 0 Å². The highest BCUT2D eigenvalue weighted by Crippen LogP contribution is 2.16. The lowest BCUT2D eigenvalue weighted by Gasteiger charge is -1.92. The average Bonchev–Trinajstić information content (AvgIpc) is 4.54. The fraction of sp³-hybridized carbons (Fsp3) is 0.486. The third-order valence-electron chi connectivity index (χ3n) is 11.4. The molecule has 9 heterocycles. The number of aryl methyl sites for hydroxylation is 20. The van der Waals surface area contributed by atoms with Crippen LogP contribution < -0.4 is 0 Å². The predicted octanol–water partition coefficient (Wildman–Crippen LogP) is 24.1. The van der Waals surface area contributed by atoms with Crippen molar-refractivity contribution in [3.63, 3.8) is 0 Å². The van der Waals surface area contributed by atoms with Gasteiger partial charge in [-0.3, -0.25) is 4.98 Å². The van der Waals surface area contributed by atoms with Crippen molar-refractivity contribution in [2.75, 3.05) is 0 Å². The molecule has 0 saturated heterocycles. The second-order valence-electron chi connectivity index (χ2n) is 18.1. The molecule has 90 heavy (non-hydrogen) atoms. The van der Waals surface area contributed by atoms with Crippen LogP contribution in [0.3, 0.4) is 0 Å². The molecule has 0 atom stereocenters. The number of hydrogen-bond acceptors (Lipinski definition) is 16. The zero-order valence-corrected chi connectivity index (χ0v) is 65.4. The van der Waals surface area contributed by atoms with E-state index >= 15 is 0 Å². The highest BCUT2D eigenvalue weighted by Gasteiger charge is 2.03. The molecule has 0 spiro atoms. The van der Waals surface area contributed by atoms with Crippen molar-refractivity contribution in [1.29, 1.82) is 0 Å². The molecule has 506 valence electrons. The Hall–Kier alpha value is -6.88. The van der Waals surface area contributed by atoms with Crippen molar-refractivity contribution in [3.05, 3.63) is 217 Å². The van der Waals surface area contributed by atoms with Gasteiger partial charge in [-0.2, -0.15) is 0 Å². The van der Waals surface area contributed by atoms with Crippen LogP contribution in [0.1, 0.15) is 216 Å². The van der Waals surface area contributed by atoms with E-state index < -0.39 is 0 Å². The highest BCUT2D eigenvalue weighted by molar-refractivity contribution is 7.12. The number of oxazole rings is 1. The van der Waals surface area contributed by atoms with Gasteiger partial charge in [0.25, 0.3) is 0 Å². The Labute approximate surface area is 560 Å². The van der Waals surface area contributed by atoms with Gasteiger partial charge in [0.15, 0.2) is 5.89 Å². The molecule has 8 aromatic heterocycles. The average molecular weight is 1300 g/mol. The number of thiazole rings is 3. The van der Waals surface area contributed by atoms with Gasteiger partial charge in [0, 0.05) is 50.1 Å². The molecule has 0 saturated carbocycles. The maximum absolute atomic E-state index is 5.10. The van der Waals surface area contributed by atoms with Crippen LogP contribution in [0.25, 0.3) is 0 Å². The first-order valence-corrected chi connectivity index (χ1v) is 33.9. The topological polar surface area (TPSA) is 165 Å². The minimum Gasteiger partial charge on any atom is -0.470 e. The first kappa shape index (κ1) is 94.2. The van der Waals surface area contributed by atoms with Crippen molar-refractivity contribution in [2.24, 2.45) is 0 Å². The summed E-state index contributed by atoms with van der Waals surface area (Å²) in [6, 6.07) is 16.1. The summed E-state index contributed by atoms with van der Waals surface area (Å²) in [6.45, 7) is 71.7. The van der Waals surface area contributed by atoms with Gasteiger partial charge >= 0.3 is 0 Å². The molecule has 13 nitrogen and oxygen atoms in total. The van der Waals surface area contributed by atoms with Crippen molar-refractivity contribution in [3.8, 4) is 0 Å². The lowest BCUT2D eigenvalue weighted by molar-refractivity contribution is 0.354. The van der Waals surface area contributed by atoms with E-state index in [4.69, 9.17) is 22.7 Å². The first-order valence-electron chi connectivity index (χ1n) is 31.5. The van der Waals surface area contributed by atoms with Gasteiger partial charge < -0.3 is 22.7 Å². The van der Waals surface area contributed by atoms with E-state index in [0.717, 1.165) is 79.9 Å². The molecular weight excluding hydrogens is 1180 g/mol. The van der Waals surface area contributed by atoms with Gasteiger partial charge in [-0.05, 0) is 184 Å². The van der Waals surface area contributed by atoms with Gasteiger partial charge in [0.2, 0.25) is 0 Å². The third kappa shape index (κ3) is 47.1. The second-order valence-corrected chi connectivity index (χ2v) is 22.3. The van der Waals surface area contributed by atoms with E-state index in [1.165, 1.54) is 52.3 Å². The summed E-state index contributed by atoms with van der Waals surface area (Å²) >= 11 is 5.27. The fourth-order valence-electron chi connectivity index (χ4n) is 5.59. The number of rotatable bonds is 0. The molecule has 0 bridgehead atoms. The number of pyridine rings is 1. The molecule has 0 unspecified atom stereocenters. The molecule has 1 aliphatic rings. The number of benzene rings is 1. The quantitative estimate of drug-likeness (QED) is 0.141. The van der Waals surface area contributed by atoms with Crippen LogP contribution in [0.15, 0.2) is 109 Å². The van der Waals surface area contributed by atoms with Crippen molar-refractivity contribution in [2.45, 2.75) is 249 Å². The molecular formula is C74H122N8O5S3. The van der Waals surface area contributed by atoms with Crippen LogP contribution >= 0.6 is 34.0 Å². The SMILES string of the molecule is CC.CC.CC.CC.CC.CC.CC1=CC=CC=CO1.Cc1ccccc1.Cc1ccccn1.Cc1nc(C)c(C)o1.Cc1nc(C)c(C)s1.Cc1nc(C)c(C)s1.Cc1nc(C)c(C)s1.Cc1noc(C)c1C.Cc1noc(C)c1C.Cc1noc(C)c1C. The van der Waals surface area contributed by atoms with E-state index in [-0.39, 0.29) is 0 Å². The maximum Gasteiger partial charge on any atom is 0.191 e. The summed E-state index contributed by atoms with van der Waals surface area (Å²) < 4.78 is 24.7. The van der Waals surface area contributed by atoms with Crippen molar-refractivity contribution < 1.29 is 22.7 Å². The lowest BCUT2D eigenvalue weighted by Crippen LogP contribution is -1.73. The monoisotopic (exact) mass is 1300 g/mol. The standard InChI is InChI=1S/C7H8O.C7H8.4C6H9NO.3C6H9NS.C6H7N.6C2H6/c1-7-5-3-2-4-6-8-7;1-7-5-3-2-4-6-7;1-4-5(2)8-6(3)7-4;3*1-4-5(2)7-8-6(4)3;3*1-4-5(2)8-6(3)7-4;1-6-4-2-3-5-7-6;6*1-2/h2-6H,1H3;2-6H,1H3;7*1-3H3;2-5H,1H3;6*1-2H3. The number of allylic oxidation sites excluding steroid dienone is 5. The maximum atomic E-state index is 5.10. The fourth-order valence-corrected chi connectivity index (χ4v) is 8.04. The Kier molecular flexibility index (Phi) is 62.5. The Morgan fingerprint density at radius 3 is 0.833 bits per heavy atom. The number of nitrogens with zero attached hydrogens (tertiary/aromatic N) is 8. The third-order valence-corrected chi connectivity index (χ3v) is 14.3. The molecule has 9 aromatic rings. The summed E-state index contributed by atoms with van der Waals surface area (Å²) in [5.41, 5.74) is 13.3. The van der Waals surface area contributed by atoms with Crippen molar-refractivity contribution in [1.82, 2.24) is 40.4 Å². The summed E-state index contributed by atoms with van der Waals surface area (Å²) in [5, 5.41) is 14.7. The van der Waals surface area contributed by atoms with E-state index in [1.807, 2.05) is 282 Å². The lowest BCUT2D eigenvalue weighted by atomic mass is 10.2. The zero-order valence-electron chi connectivity index (χ0n) is 62.9. The van der Waals surface area contributed by atoms with Crippen LogP contribution in [0, 0.1) is 159 Å².